The number of carbonyl (C=O) groups excluding carboxylic acids is 1. The third kappa shape index (κ3) is 5.25. The lowest BCUT2D eigenvalue weighted by molar-refractivity contribution is -0.120. The number of aromatic nitrogens is 1. The minimum Gasteiger partial charge on any atom is -0.497 e. The summed E-state index contributed by atoms with van der Waals surface area (Å²) in [5, 5.41) is 6.78. The first kappa shape index (κ1) is 21.8. The quantitative estimate of drug-likeness (QED) is 0.259. The molecule has 0 aliphatic rings. The smallest absolute Gasteiger partial charge is 0.287 e. The molecule has 32 heavy (non-hydrogen) atoms. The molecule has 0 radical (unpaired) electrons. The maximum atomic E-state index is 13.1. The van der Waals surface area contributed by atoms with Gasteiger partial charge in [0.05, 0.1) is 23.5 Å². The van der Waals surface area contributed by atoms with Crippen molar-refractivity contribution in [1.29, 1.82) is 0 Å². The van der Waals surface area contributed by atoms with Crippen LogP contribution in [0.1, 0.15) is 11.1 Å². The summed E-state index contributed by atoms with van der Waals surface area (Å²) >= 11 is 7.31. The van der Waals surface area contributed by atoms with Crippen molar-refractivity contribution in [2.45, 2.75) is 6.92 Å². The largest absolute Gasteiger partial charge is 0.497 e. The molecule has 8 heteroatoms. The summed E-state index contributed by atoms with van der Waals surface area (Å²) in [6.07, 6.45) is 1.61. The monoisotopic (exact) mass is 465 g/mol. The second kappa shape index (κ2) is 9.80. The number of nitrogens with zero attached hydrogens (tertiary/aromatic N) is 3. The zero-order chi connectivity index (χ0) is 22.5. The molecule has 162 valence electrons. The molecule has 0 atom stereocenters. The van der Waals surface area contributed by atoms with Crippen LogP contribution in [0, 0.1) is 6.92 Å². The van der Waals surface area contributed by atoms with E-state index in [2.05, 4.69) is 10.1 Å². The van der Waals surface area contributed by atoms with Crippen LogP contribution in [-0.2, 0) is 4.79 Å². The van der Waals surface area contributed by atoms with Gasteiger partial charge in [0.15, 0.2) is 6.61 Å². The molecular formula is C24H20ClN3O3S. The summed E-state index contributed by atoms with van der Waals surface area (Å²) in [6.45, 7) is 1.82. The third-order valence-electron chi connectivity index (χ3n) is 4.56. The number of amides is 1. The zero-order valence-electron chi connectivity index (χ0n) is 17.5. The van der Waals surface area contributed by atoms with Gasteiger partial charge >= 0.3 is 0 Å². The van der Waals surface area contributed by atoms with E-state index in [9.17, 15) is 4.79 Å². The van der Waals surface area contributed by atoms with Crippen LogP contribution in [0.15, 0.2) is 71.8 Å². The molecule has 0 N–H and O–H groups in total. The van der Waals surface area contributed by atoms with Gasteiger partial charge in [0.25, 0.3) is 5.91 Å². The number of methoxy groups -OCH3 is 1. The Morgan fingerprint density at radius 3 is 2.53 bits per heavy atom. The second-order valence-electron chi connectivity index (χ2n) is 6.93. The summed E-state index contributed by atoms with van der Waals surface area (Å²) in [6, 6.07) is 20.2. The van der Waals surface area contributed by atoms with E-state index in [1.54, 1.807) is 37.6 Å². The first-order valence-electron chi connectivity index (χ1n) is 9.78. The number of benzene rings is 3. The van der Waals surface area contributed by atoms with Gasteiger partial charge < -0.3 is 9.47 Å². The number of fused-ring (bicyclic) bond motifs is 1. The van der Waals surface area contributed by atoms with Crippen LogP contribution in [0.3, 0.4) is 0 Å². The van der Waals surface area contributed by atoms with E-state index in [1.807, 2.05) is 49.4 Å². The summed E-state index contributed by atoms with van der Waals surface area (Å²) < 4.78 is 11.8. The van der Waals surface area contributed by atoms with Gasteiger partial charge in [-0.3, -0.25) is 4.79 Å². The number of aryl methyl sites for hydroxylation is 1. The first-order valence-corrected chi connectivity index (χ1v) is 11.0. The number of halogens is 1. The molecule has 0 aliphatic carbocycles. The number of anilines is 1. The summed E-state index contributed by atoms with van der Waals surface area (Å²) in [7, 11) is 1.61. The van der Waals surface area contributed by atoms with E-state index in [4.69, 9.17) is 21.1 Å². The van der Waals surface area contributed by atoms with Crippen LogP contribution < -0.4 is 14.5 Å². The van der Waals surface area contributed by atoms with Gasteiger partial charge in [0.1, 0.15) is 11.5 Å². The molecular weight excluding hydrogens is 446 g/mol. The Morgan fingerprint density at radius 1 is 1.09 bits per heavy atom. The molecule has 0 spiro atoms. The molecule has 3 aromatic carbocycles. The van der Waals surface area contributed by atoms with Crippen molar-refractivity contribution in [2.75, 3.05) is 18.7 Å². The molecule has 0 unspecified atom stereocenters. The Balaban J connectivity index is 1.60. The maximum Gasteiger partial charge on any atom is 0.287 e. The number of rotatable bonds is 7. The number of carbonyl (C=O) groups is 1. The molecule has 0 aliphatic heterocycles. The Morgan fingerprint density at radius 2 is 1.81 bits per heavy atom. The number of ether oxygens (including phenoxy) is 2. The lowest BCUT2D eigenvalue weighted by atomic mass is 10.2. The standard InChI is InChI=1S/C24H20ClN3O3S/c1-16-3-12-21-22(13-16)32-24(27-21)28(26-14-17-4-8-19(30-2)9-5-17)23(29)15-31-20-10-6-18(25)7-11-20/h3-14H,15H2,1-2H3/b26-14+. The van der Waals surface area contributed by atoms with Gasteiger partial charge in [0, 0.05) is 5.02 Å². The molecule has 1 heterocycles. The van der Waals surface area contributed by atoms with Gasteiger partial charge in [-0.2, -0.15) is 10.1 Å². The molecule has 1 amide bonds. The van der Waals surface area contributed by atoms with Crippen LogP contribution >= 0.6 is 22.9 Å². The minimum atomic E-state index is -0.347. The highest BCUT2D eigenvalue weighted by molar-refractivity contribution is 7.22. The molecule has 6 nitrogen and oxygen atoms in total. The number of hydrogen-bond acceptors (Lipinski definition) is 6. The lowest BCUT2D eigenvalue weighted by Gasteiger charge is -2.14. The van der Waals surface area contributed by atoms with Gasteiger partial charge in [-0.1, -0.05) is 29.0 Å². The van der Waals surface area contributed by atoms with Gasteiger partial charge in [-0.15, -0.1) is 0 Å². The van der Waals surface area contributed by atoms with Crippen molar-refractivity contribution in [2.24, 2.45) is 5.10 Å². The molecule has 0 saturated carbocycles. The van der Waals surface area contributed by atoms with E-state index in [-0.39, 0.29) is 12.5 Å². The molecule has 0 bridgehead atoms. The van der Waals surface area contributed by atoms with Crippen molar-refractivity contribution >= 4 is 50.4 Å². The molecule has 4 aromatic rings. The Kier molecular flexibility index (Phi) is 6.68. The topological polar surface area (TPSA) is 64.0 Å². The average Bonchev–Trinajstić information content (AvgIpc) is 3.22. The highest BCUT2D eigenvalue weighted by Crippen LogP contribution is 2.30. The maximum absolute atomic E-state index is 13.1. The molecule has 0 saturated heterocycles. The number of hydrazone groups is 1. The van der Waals surface area contributed by atoms with Gasteiger partial charge in [0.2, 0.25) is 5.13 Å². The van der Waals surface area contributed by atoms with E-state index in [0.29, 0.717) is 15.9 Å². The van der Waals surface area contributed by atoms with Crippen LogP contribution in [0.25, 0.3) is 10.2 Å². The van der Waals surface area contributed by atoms with Crippen molar-refractivity contribution in [3.63, 3.8) is 0 Å². The highest BCUT2D eigenvalue weighted by atomic mass is 35.5. The van der Waals surface area contributed by atoms with Crippen molar-refractivity contribution in [1.82, 2.24) is 4.98 Å². The predicted molar refractivity (Wildman–Crippen MR) is 129 cm³/mol. The van der Waals surface area contributed by atoms with E-state index in [0.717, 1.165) is 27.1 Å². The molecule has 1 aromatic heterocycles. The van der Waals surface area contributed by atoms with Gasteiger partial charge in [-0.25, -0.2) is 4.98 Å². The Bertz CT molecular complexity index is 1250. The summed E-state index contributed by atoms with van der Waals surface area (Å²) in [5.74, 6) is 0.940. The fraction of sp³-hybridized carbons (Fsp3) is 0.125. The molecule has 4 rings (SSSR count). The van der Waals surface area contributed by atoms with E-state index in [1.165, 1.54) is 16.3 Å². The Hall–Kier alpha value is -3.42. The first-order chi connectivity index (χ1) is 15.5. The summed E-state index contributed by atoms with van der Waals surface area (Å²) in [4.78, 5) is 17.7. The normalized spacial score (nSPS) is 11.1. The average molecular weight is 466 g/mol. The van der Waals surface area contributed by atoms with Crippen LogP contribution in [0.5, 0.6) is 11.5 Å². The van der Waals surface area contributed by atoms with Crippen molar-refractivity contribution in [3.8, 4) is 11.5 Å². The van der Waals surface area contributed by atoms with Gasteiger partial charge in [-0.05, 0) is 78.7 Å². The van der Waals surface area contributed by atoms with Crippen LogP contribution in [0.4, 0.5) is 5.13 Å². The number of hydrogen-bond donors (Lipinski definition) is 0. The van der Waals surface area contributed by atoms with Crippen molar-refractivity contribution in [3.05, 3.63) is 82.9 Å². The SMILES string of the molecule is COc1ccc(/C=N/N(C(=O)COc2ccc(Cl)cc2)c2nc3ccc(C)cc3s2)cc1. The fourth-order valence-corrected chi connectivity index (χ4v) is 4.05. The molecule has 0 fully saturated rings. The third-order valence-corrected chi connectivity index (χ3v) is 5.81. The zero-order valence-corrected chi connectivity index (χ0v) is 19.1. The van der Waals surface area contributed by atoms with Crippen molar-refractivity contribution < 1.29 is 14.3 Å². The van der Waals surface area contributed by atoms with E-state index >= 15 is 0 Å². The second-order valence-corrected chi connectivity index (χ2v) is 8.38. The van der Waals surface area contributed by atoms with Crippen LogP contribution in [0.2, 0.25) is 5.02 Å². The Labute approximate surface area is 194 Å². The lowest BCUT2D eigenvalue weighted by Crippen LogP contribution is -2.30. The summed E-state index contributed by atoms with van der Waals surface area (Å²) in [5.41, 5.74) is 2.75. The van der Waals surface area contributed by atoms with E-state index < -0.39 is 0 Å². The fourth-order valence-electron chi connectivity index (χ4n) is 2.88. The highest BCUT2D eigenvalue weighted by Gasteiger charge is 2.20. The predicted octanol–water partition coefficient (Wildman–Crippen LogP) is 5.71. The number of thiazole rings is 1. The minimum absolute atomic E-state index is 0.198. The van der Waals surface area contributed by atoms with Crippen LogP contribution in [-0.4, -0.2) is 30.8 Å².